The summed E-state index contributed by atoms with van der Waals surface area (Å²) in [4.78, 5) is 59.2. The van der Waals surface area contributed by atoms with Crippen LogP contribution in [0.4, 0.5) is 5.69 Å². The summed E-state index contributed by atoms with van der Waals surface area (Å²) in [6.07, 6.45) is -0.0348. The Bertz CT molecular complexity index is 850. The average Bonchev–Trinajstić information content (AvgIpc) is 2.92. The number of rotatable bonds is 6. The van der Waals surface area contributed by atoms with Crippen molar-refractivity contribution in [3.05, 3.63) is 17.7 Å². The Hall–Kier alpha value is -2.88. The summed E-state index contributed by atoms with van der Waals surface area (Å²) in [6.45, 7) is 3.71. The SMILES string of the molecule is CC(=O)Oc1cc2c(cc1OC(C)=O)N(C(=O)CCSC(C)=O)[C@H](C(=O)O)C2. The lowest BCUT2D eigenvalue weighted by molar-refractivity contribution is -0.140. The van der Waals surface area contributed by atoms with Gasteiger partial charge in [0.2, 0.25) is 5.91 Å². The fourth-order valence-corrected chi connectivity index (χ4v) is 3.39. The Balaban J connectivity index is 2.43. The molecule has 1 aliphatic heterocycles. The number of thioether (sulfide) groups is 1. The summed E-state index contributed by atoms with van der Waals surface area (Å²) in [5, 5.41) is 9.38. The van der Waals surface area contributed by atoms with Gasteiger partial charge < -0.3 is 14.6 Å². The number of esters is 2. The number of benzene rings is 1. The molecular formula is C18H19NO8S. The van der Waals surface area contributed by atoms with Gasteiger partial charge in [-0.3, -0.25) is 24.1 Å². The van der Waals surface area contributed by atoms with Gasteiger partial charge in [0.25, 0.3) is 0 Å². The van der Waals surface area contributed by atoms with E-state index in [9.17, 15) is 29.1 Å². The molecule has 1 aromatic carbocycles. The number of carbonyl (C=O) groups is 5. The van der Waals surface area contributed by atoms with Gasteiger partial charge in [-0.05, 0) is 11.6 Å². The van der Waals surface area contributed by atoms with Gasteiger partial charge in [0.15, 0.2) is 16.6 Å². The topological polar surface area (TPSA) is 127 Å². The molecule has 1 heterocycles. The second-order valence-corrected chi connectivity index (χ2v) is 7.30. The van der Waals surface area contributed by atoms with Crippen molar-refractivity contribution in [3.8, 4) is 11.5 Å². The fraction of sp³-hybridized carbons (Fsp3) is 0.389. The molecule has 9 nitrogen and oxygen atoms in total. The van der Waals surface area contributed by atoms with E-state index in [1.165, 1.54) is 26.0 Å². The largest absolute Gasteiger partial charge is 0.480 e. The molecular weight excluding hydrogens is 390 g/mol. The number of carbonyl (C=O) groups excluding carboxylic acids is 4. The molecule has 2 rings (SSSR count). The van der Waals surface area contributed by atoms with E-state index in [-0.39, 0.29) is 40.9 Å². The Morgan fingerprint density at radius 3 is 2.14 bits per heavy atom. The van der Waals surface area contributed by atoms with Crippen molar-refractivity contribution in [3.63, 3.8) is 0 Å². The molecule has 0 saturated carbocycles. The number of aliphatic carboxylic acids is 1. The standard InChI is InChI=1S/C18H19NO8S/c1-9(20)26-15-7-12-6-14(18(24)25)19(17(23)4-5-28-11(3)22)13(12)8-16(15)27-10(2)21/h7-8,14H,4-6H2,1-3H3,(H,24,25)/t14-/m0/s1. The second-order valence-electron chi connectivity index (χ2n) is 6.03. The number of ether oxygens (including phenoxy) is 2. The van der Waals surface area contributed by atoms with Crippen LogP contribution in [-0.4, -0.2) is 45.8 Å². The van der Waals surface area contributed by atoms with Crippen LogP contribution in [0, 0.1) is 0 Å². The normalized spacial score (nSPS) is 15.0. The summed E-state index contributed by atoms with van der Waals surface area (Å²) in [5.74, 6) is -2.90. The summed E-state index contributed by atoms with van der Waals surface area (Å²) in [6, 6.07) is 1.55. The van der Waals surface area contributed by atoms with E-state index in [0.29, 0.717) is 5.56 Å². The summed E-state index contributed by atoms with van der Waals surface area (Å²) < 4.78 is 10.1. The smallest absolute Gasteiger partial charge is 0.327 e. The Labute approximate surface area is 165 Å². The highest BCUT2D eigenvalue weighted by molar-refractivity contribution is 8.13. The number of hydrogen-bond donors (Lipinski definition) is 1. The van der Waals surface area contributed by atoms with Gasteiger partial charge in [0, 0.05) is 45.4 Å². The second kappa shape index (κ2) is 8.87. The van der Waals surface area contributed by atoms with Crippen molar-refractivity contribution in [2.24, 2.45) is 0 Å². The number of nitrogens with zero attached hydrogens (tertiary/aromatic N) is 1. The molecule has 1 aromatic rings. The zero-order valence-electron chi connectivity index (χ0n) is 15.5. The van der Waals surface area contributed by atoms with Crippen LogP contribution in [0.5, 0.6) is 11.5 Å². The van der Waals surface area contributed by atoms with Gasteiger partial charge in [0.1, 0.15) is 6.04 Å². The molecule has 0 unspecified atom stereocenters. The molecule has 1 amide bonds. The lowest BCUT2D eigenvalue weighted by Crippen LogP contribution is -2.43. The van der Waals surface area contributed by atoms with E-state index in [1.807, 2.05) is 0 Å². The first-order chi connectivity index (χ1) is 13.1. The quantitative estimate of drug-likeness (QED) is 0.550. The first-order valence-electron chi connectivity index (χ1n) is 8.32. The van der Waals surface area contributed by atoms with E-state index in [2.05, 4.69) is 0 Å². The van der Waals surface area contributed by atoms with Crippen LogP contribution in [-0.2, 0) is 30.4 Å². The van der Waals surface area contributed by atoms with Crippen molar-refractivity contribution in [1.29, 1.82) is 0 Å². The molecule has 150 valence electrons. The average molecular weight is 409 g/mol. The Kier molecular flexibility index (Phi) is 6.79. The Morgan fingerprint density at radius 1 is 1.07 bits per heavy atom. The number of anilines is 1. The number of fused-ring (bicyclic) bond motifs is 1. The van der Waals surface area contributed by atoms with E-state index in [1.54, 1.807) is 0 Å². The van der Waals surface area contributed by atoms with Crippen LogP contribution in [0.15, 0.2) is 12.1 Å². The van der Waals surface area contributed by atoms with Gasteiger partial charge in [-0.2, -0.15) is 0 Å². The minimum Gasteiger partial charge on any atom is -0.480 e. The van der Waals surface area contributed by atoms with Crippen molar-refractivity contribution < 1.29 is 38.6 Å². The third-order valence-electron chi connectivity index (χ3n) is 3.81. The lowest BCUT2D eigenvalue weighted by atomic mass is 10.1. The highest BCUT2D eigenvalue weighted by Crippen LogP contribution is 2.41. The van der Waals surface area contributed by atoms with Crippen molar-refractivity contribution in [2.75, 3.05) is 10.7 Å². The maximum atomic E-state index is 12.6. The number of carboxylic acid groups (broad SMARTS) is 1. The van der Waals surface area contributed by atoms with Crippen molar-refractivity contribution in [1.82, 2.24) is 0 Å². The lowest BCUT2D eigenvalue weighted by Gasteiger charge is -2.23. The van der Waals surface area contributed by atoms with Crippen LogP contribution in [0.1, 0.15) is 32.8 Å². The van der Waals surface area contributed by atoms with E-state index in [0.717, 1.165) is 23.6 Å². The van der Waals surface area contributed by atoms with Crippen molar-refractivity contribution >= 4 is 46.4 Å². The Morgan fingerprint density at radius 2 is 1.64 bits per heavy atom. The molecule has 0 bridgehead atoms. The summed E-state index contributed by atoms with van der Waals surface area (Å²) in [7, 11) is 0. The van der Waals surface area contributed by atoms with Crippen LogP contribution in [0.2, 0.25) is 0 Å². The van der Waals surface area contributed by atoms with Crippen LogP contribution >= 0.6 is 11.8 Å². The van der Waals surface area contributed by atoms with E-state index >= 15 is 0 Å². The number of carboxylic acids is 1. The number of hydrogen-bond acceptors (Lipinski definition) is 8. The molecule has 0 saturated heterocycles. The van der Waals surface area contributed by atoms with Gasteiger partial charge in [-0.1, -0.05) is 11.8 Å². The van der Waals surface area contributed by atoms with E-state index in [4.69, 9.17) is 9.47 Å². The maximum Gasteiger partial charge on any atom is 0.327 e. The molecule has 1 N–H and O–H groups in total. The van der Waals surface area contributed by atoms with Crippen LogP contribution in [0.25, 0.3) is 0 Å². The zero-order chi connectivity index (χ0) is 21.0. The van der Waals surface area contributed by atoms with E-state index < -0.39 is 29.9 Å². The van der Waals surface area contributed by atoms with Crippen LogP contribution < -0.4 is 14.4 Å². The predicted molar refractivity (Wildman–Crippen MR) is 99.4 cm³/mol. The first kappa shape index (κ1) is 21.4. The molecule has 1 aliphatic rings. The maximum absolute atomic E-state index is 12.6. The highest BCUT2D eigenvalue weighted by Gasteiger charge is 2.39. The van der Waals surface area contributed by atoms with Gasteiger partial charge >= 0.3 is 17.9 Å². The third-order valence-corrected chi connectivity index (χ3v) is 4.63. The molecule has 0 aliphatic carbocycles. The first-order valence-corrected chi connectivity index (χ1v) is 9.30. The monoisotopic (exact) mass is 409 g/mol. The minimum atomic E-state index is -1.20. The number of amides is 1. The molecule has 10 heteroatoms. The molecule has 0 radical (unpaired) electrons. The molecule has 0 fully saturated rings. The van der Waals surface area contributed by atoms with Crippen LogP contribution in [0.3, 0.4) is 0 Å². The minimum absolute atomic E-state index is 0.00484. The van der Waals surface area contributed by atoms with Gasteiger partial charge in [-0.25, -0.2) is 4.79 Å². The zero-order valence-corrected chi connectivity index (χ0v) is 16.3. The van der Waals surface area contributed by atoms with Gasteiger partial charge in [0.05, 0.1) is 5.69 Å². The highest BCUT2D eigenvalue weighted by atomic mass is 32.2. The van der Waals surface area contributed by atoms with Crippen molar-refractivity contribution in [2.45, 2.75) is 39.7 Å². The summed E-state index contributed by atoms with van der Waals surface area (Å²) in [5.41, 5.74) is 0.726. The fourth-order valence-electron chi connectivity index (χ4n) is 2.82. The predicted octanol–water partition coefficient (Wildman–Crippen LogP) is 1.55. The third kappa shape index (κ3) is 5.10. The molecule has 1 atom stereocenters. The molecule has 0 aromatic heterocycles. The van der Waals surface area contributed by atoms with Gasteiger partial charge in [-0.15, -0.1) is 0 Å². The molecule has 28 heavy (non-hydrogen) atoms. The summed E-state index contributed by atoms with van der Waals surface area (Å²) >= 11 is 0.969. The molecule has 0 spiro atoms.